The molecule has 0 spiro atoms. The number of methoxy groups -OCH3 is 1. The highest BCUT2D eigenvalue weighted by molar-refractivity contribution is 5.42. The Bertz CT molecular complexity index is 428. The minimum atomic E-state index is 0.208. The van der Waals surface area contributed by atoms with E-state index in [-0.39, 0.29) is 5.75 Å². The molecule has 2 N–H and O–H groups in total. The monoisotopic (exact) mass is 278 g/mol. The molecule has 2 rings (SSSR count). The van der Waals surface area contributed by atoms with Crippen molar-refractivity contribution in [3.63, 3.8) is 0 Å². The van der Waals surface area contributed by atoms with Gasteiger partial charge in [-0.2, -0.15) is 0 Å². The number of rotatable bonds is 5. The molecule has 4 heteroatoms. The van der Waals surface area contributed by atoms with Crippen LogP contribution in [0.25, 0.3) is 0 Å². The molecule has 0 aliphatic carbocycles. The second kappa shape index (κ2) is 6.95. The van der Waals surface area contributed by atoms with Crippen LogP contribution in [0.2, 0.25) is 0 Å². The number of nitrogens with one attached hydrogen (secondary N) is 1. The second-order valence-corrected chi connectivity index (χ2v) is 5.86. The molecule has 0 unspecified atom stereocenters. The van der Waals surface area contributed by atoms with Crippen LogP contribution in [-0.4, -0.2) is 43.3 Å². The van der Waals surface area contributed by atoms with Crippen LogP contribution in [0.5, 0.6) is 11.5 Å². The van der Waals surface area contributed by atoms with E-state index in [0.29, 0.717) is 17.7 Å². The van der Waals surface area contributed by atoms with E-state index >= 15 is 0 Å². The van der Waals surface area contributed by atoms with Gasteiger partial charge in [0.2, 0.25) is 0 Å². The lowest BCUT2D eigenvalue weighted by atomic mass is 9.94. The second-order valence-electron chi connectivity index (χ2n) is 5.86. The maximum Gasteiger partial charge on any atom is 0.160 e. The predicted octanol–water partition coefficient (Wildman–Crippen LogP) is 2.39. The Kier molecular flexibility index (Phi) is 5.26. The molecule has 1 aromatic carbocycles. The van der Waals surface area contributed by atoms with Crippen molar-refractivity contribution in [3.05, 3.63) is 23.8 Å². The van der Waals surface area contributed by atoms with Gasteiger partial charge in [0.15, 0.2) is 11.5 Å². The molecule has 1 heterocycles. The van der Waals surface area contributed by atoms with Crippen LogP contribution < -0.4 is 10.1 Å². The Morgan fingerprint density at radius 1 is 1.30 bits per heavy atom. The molecule has 1 fully saturated rings. The van der Waals surface area contributed by atoms with Crippen molar-refractivity contribution in [1.82, 2.24) is 10.2 Å². The lowest BCUT2D eigenvalue weighted by molar-refractivity contribution is 0.154. The Labute approximate surface area is 121 Å². The van der Waals surface area contributed by atoms with Gasteiger partial charge < -0.3 is 15.2 Å². The minimum Gasteiger partial charge on any atom is -0.504 e. The van der Waals surface area contributed by atoms with E-state index in [1.165, 1.54) is 5.56 Å². The highest BCUT2D eigenvalue weighted by Gasteiger charge is 2.23. The average Bonchev–Trinajstić information content (AvgIpc) is 2.46. The molecular weight excluding hydrogens is 252 g/mol. The molecule has 1 aromatic rings. The molecule has 0 radical (unpaired) electrons. The van der Waals surface area contributed by atoms with E-state index in [0.717, 1.165) is 32.6 Å². The first-order valence-electron chi connectivity index (χ1n) is 7.43. The van der Waals surface area contributed by atoms with E-state index in [1.807, 2.05) is 12.1 Å². The lowest BCUT2D eigenvalue weighted by Gasteiger charge is -2.36. The summed E-state index contributed by atoms with van der Waals surface area (Å²) < 4.78 is 5.25. The quantitative estimate of drug-likeness (QED) is 0.868. The number of hydrogen-bond donors (Lipinski definition) is 2. The zero-order valence-electron chi connectivity index (χ0n) is 12.7. The van der Waals surface area contributed by atoms with Gasteiger partial charge in [-0.3, -0.25) is 4.90 Å². The summed E-state index contributed by atoms with van der Waals surface area (Å²) in [5.74, 6) is 1.40. The Morgan fingerprint density at radius 2 is 2.00 bits per heavy atom. The van der Waals surface area contributed by atoms with Crippen LogP contribution >= 0.6 is 0 Å². The summed E-state index contributed by atoms with van der Waals surface area (Å²) in [4.78, 5) is 2.53. The first-order valence-corrected chi connectivity index (χ1v) is 7.43. The molecule has 0 amide bonds. The highest BCUT2D eigenvalue weighted by Crippen LogP contribution is 2.34. The fraction of sp³-hybridized carbons (Fsp3) is 0.625. The molecule has 0 bridgehead atoms. The third-order valence-corrected chi connectivity index (χ3v) is 3.88. The van der Waals surface area contributed by atoms with Crippen LogP contribution in [0.3, 0.4) is 0 Å². The van der Waals surface area contributed by atoms with Gasteiger partial charge in [0, 0.05) is 32.2 Å². The summed E-state index contributed by atoms with van der Waals surface area (Å²) in [7, 11) is 1.60. The van der Waals surface area contributed by atoms with E-state index in [4.69, 9.17) is 4.74 Å². The number of nitrogens with zero attached hydrogens (tertiary/aromatic N) is 1. The van der Waals surface area contributed by atoms with Crippen molar-refractivity contribution >= 4 is 0 Å². The number of piperazine rings is 1. The normalized spacial score (nSPS) is 18.2. The molecule has 1 atom stereocenters. The third-order valence-electron chi connectivity index (χ3n) is 3.88. The van der Waals surface area contributed by atoms with Gasteiger partial charge in [-0.1, -0.05) is 19.9 Å². The van der Waals surface area contributed by atoms with Crippen LogP contribution in [0.15, 0.2) is 18.2 Å². The maximum absolute atomic E-state index is 9.76. The van der Waals surface area contributed by atoms with E-state index in [9.17, 15) is 5.11 Å². The molecule has 4 nitrogen and oxygen atoms in total. The maximum atomic E-state index is 9.76. The van der Waals surface area contributed by atoms with Crippen LogP contribution in [0, 0.1) is 5.92 Å². The topological polar surface area (TPSA) is 44.7 Å². The van der Waals surface area contributed by atoms with Gasteiger partial charge in [0.05, 0.1) is 7.11 Å². The fourth-order valence-electron chi connectivity index (χ4n) is 2.84. The first kappa shape index (κ1) is 15.1. The third kappa shape index (κ3) is 3.64. The van der Waals surface area contributed by atoms with E-state index in [1.54, 1.807) is 13.2 Å². The van der Waals surface area contributed by atoms with E-state index in [2.05, 4.69) is 24.1 Å². The summed E-state index contributed by atoms with van der Waals surface area (Å²) in [5, 5.41) is 13.2. The van der Waals surface area contributed by atoms with Crippen LogP contribution in [0.4, 0.5) is 0 Å². The van der Waals surface area contributed by atoms with Crippen LogP contribution in [-0.2, 0) is 0 Å². The molecule has 0 aromatic heterocycles. The van der Waals surface area contributed by atoms with Gasteiger partial charge in [-0.25, -0.2) is 0 Å². The van der Waals surface area contributed by atoms with Gasteiger partial charge >= 0.3 is 0 Å². The van der Waals surface area contributed by atoms with Gasteiger partial charge in [-0.15, -0.1) is 0 Å². The van der Waals surface area contributed by atoms with Crippen molar-refractivity contribution < 1.29 is 9.84 Å². The predicted molar refractivity (Wildman–Crippen MR) is 81.3 cm³/mol. The number of phenolic OH excluding ortho intramolecular Hbond substituents is 1. The van der Waals surface area contributed by atoms with Crippen molar-refractivity contribution in [3.8, 4) is 11.5 Å². The molecule has 0 saturated carbocycles. The lowest BCUT2D eigenvalue weighted by Crippen LogP contribution is -2.45. The summed E-state index contributed by atoms with van der Waals surface area (Å²) in [6, 6.07) is 6.13. The SMILES string of the molecule is COc1cc([C@H](CC(C)C)N2CCNCC2)ccc1O. The molecule has 1 aliphatic rings. The number of phenols is 1. The zero-order valence-corrected chi connectivity index (χ0v) is 12.7. The average molecular weight is 278 g/mol. The highest BCUT2D eigenvalue weighted by atomic mass is 16.5. The van der Waals surface area contributed by atoms with Crippen molar-refractivity contribution in [2.75, 3.05) is 33.3 Å². The molecular formula is C16H26N2O2. The molecule has 1 saturated heterocycles. The van der Waals surface area contributed by atoms with Gasteiger partial charge in [0.25, 0.3) is 0 Å². The van der Waals surface area contributed by atoms with Crippen molar-refractivity contribution in [2.24, 2.45) is 5.92 Å². The Balaban J connectivity index is 2.24. The molecule has 20 heavy (non-hydrogen) atoms. The van der Waals surface area contributed by atoms with Gasteiger partial charge in [-0.05, 0) is 30.0 Å². The summed E-state index contributed by atoms with van der Waals surface area (Å²) in [6.07, 6.45) is 1.12. The number of aromatic hydroxyl groups is 1. The number of hydrogen-bond acceptors (Lipinski definition) is 4. The number of ether oxygens (including phenoxy) is 1. The molecule has 112 valence electrons. The summed E-state index contributed by atoms with van der Waals surface area (Å²) >= 11 is 0. The minimum absolute atomic E-state index is 0.208. The van der Waals surface area contributed by atoms with Crippen molar-refractivity contribution in [1.29, 1.82) is 0 Å². The van der Waals surface area contributed by atoms with Crippen LogP contribution in [0.1, 0.15) is 31.9 Å². The largest absolute Gasteiger partial charge is 0.504 e. The fourth-order valence-corrected chi connectivity index (χ4v) is 2.84. The zero-order chi connectivity index (χ0) is 14.5. The standard InChI is InChI=1S/C16H26N2O2/c1-12(2)10-14(18-8-6-17-7-9-18)13-4-5-15(19)16(11-13)20-3/h4-5,11-12,14,17,19H,6-10H2,1-3H3/t14-/m0/s1. The number of benzene rings is 1. The summed E-state index contributed by atoms with van der Waals surface area (Å²) in [6.45, 7) is 8.74. The van der Waals surface area contributed by atoms with Crippen molar-refractivity contribution in [2.45, 2.75) is 26.3 Å². The Morgan fingerprint density at radius 3 is 2.60 bits per heavy atom. The summed E-state index contributed by atoms with van der Waals surface area (Å²) in [5.41, 5.74) is 1.23. The van der Waals surface area contributed by atoms with E-state index < -0.39 is 0 Å². The molecule has 1 aliphatic heterocycles. The first-order chi connectivity index (χ1) is 9.61. The van der Waals surface area contributed by atoms with Gasteiger partial charge in [0.1, 0.15) is 0 Å². The smallest absolute Gasteiger partial charge is 0.160 e. The Hall–Kier alpha value is -1.26.